The highest BCUT2D eigenvalue weighted by Crippen LogP contribution is 2.28. The average Bonchev–Trinajstić information content (AvgIpc) is 2.29. The van der Waals surface area contributed by atoms with Gasteiger partial charge in [0.05, 0.1) is 0 Å². The van der Waals surface area contributed by atoms with E-state index in [-0.39, 0.29) is 6.04 Å². The van der Waals surface area contributed by atoms with Gasteiger partial charge in [-0.05, 0) is 43.5 Å². The number of allylic oxidation sites excluding steroid dienone is 1. The first kappa shape index (κ1) is 14.3. The summed E-state index contributed by atoms with van der Waals surface area (Å²) in [5, 5.41) is 0. The molecule has 0 aromatic heterocycles. The number of nitrogens with zero attached hydrogens (tertiary/aromatic N) is 1. The highest BCUT2D eigenvalue weighted by Gasteiger charge is 2.10. The molecular weight excluding hydrogens is 276 g/mol. The van der Waals surface area contributed by atoms with Crippen molar-refractivity contribution in [1.29, 1.82) is 0 Å². The van der Waals surface area contributed by atoms with E-state index in [0.717, 1.165) is 23.9 Å². The van der Waals surface area contributed by atoms with Crippen molar-refractivity contribution in [3.63, 3.8) is 0 Å². The van der Waals surface area contributed by atoms with E-state index >= 15 is 0 Å². The third kappa shape index (κ3) is 4.17. The fourth-order valence-corrected chi connectivity index (χ4v) is 2.21. The summed E-state index contributed by atoms with van der Waals surface area (Å²) in [7, 11) is 2.11. The molecule has 0 aliphatic rings. The van der Waals surface area contributed by atoms with Crippen LogP contribution in [0.25, 0.3) is 0 Å². The summed E-state index contributed by atoms with van der Waals surface area (Å²) >= 11 is 3.49. The molecule has 0 aliphatic heterocycles. The van der Waals surface area contributed by atoms with Gasteiger partial charge in [-0.1, -0.05) is 22.0 Å². The Kier molecular flexibility index (Phi) is 5.72. The summed E-state index contributed by atoms with van der Waals surface area (Å²) in [6, 6.07) is 6.33. The van der Waals surface area contributed by atoms with Crippen molar-refractivity contribution < 1.29 is 0 Å². The molecule has 1 aromatic carbocycles. The molecular formula is C14H21BrN2. The molecule has 1 rings (SSSR count). The second-order valence-corrected chi connectivity index (χ2v) is 5.26. The van der Waals surface area contributed by atoms with Crippen molar-refractivity contribution in [2.24, 2.45) is 5.73 Å². The highest BCUT2D eigenvalue weighted by molar-refractivity contribution is 9.10. The van der Waals surface area contributed by atoms with Crippen molar-refractivity contribution in [2.75, 3.05) is 18.5 Å². The maximum absolute atomic E-state index is 6.01. The first-order valence-corrected chi connectivity index (χ1v) is 6.72. The summed E-state index contributed by atoms with van der Waals surface area (Å²) < 4.78 is 1.08. The van der Waals surface area contributed by atoms with Crippen LogP contribution in [0.1, 0.15) is 31.4 Å². The zero-order valence-corrected chi connectivity index (χ0v) is 12.2. The minimum Gasteiger partial charge on any atom is -0.374 e. The summed E-state index contributed by atoms with van der Waals surface area (Å²) in [6.07, 6.45) is 4.13. The highest BCUT2D eigenvalue weighted by atomic mass is 79.9. The van der Waals surface area contributed by atoms with E-state index in [2.05, 4.69) is 52.7 Å². The maximum atomic E-state index is 6.01. The predicted octanol–water partition coefficient (Wildman–Crippen LogP) is 3.87. The Morgan fingerprint density at radius 1 is 1.53 bits per heavy atom. The maximum Gasteiger partial charge on any atom is 0.0412 e. The van der Waals surface area contributed by atoms with Crippen molar-refractivity contribution in [3.05, 3.63) is 40.9 Å². The summed E-state index contributed by atoms with van der Waals surface area (Å²) in [4.78, 5) is 2.26. The van der Waals surface area contributed by atoms with Crippen LogP contribution in [0.3, 0.4) is 0 Å². The molecule has 0 fully saturated rings. The Balaban J connectivity index is 2.84. The molecule has 2 nitrogen and oxygen atoms in total. The van der Waals surface area contributed by atoms with Crippen LogP contribution in [0.4, 0.5) is 5.69 Å². The smallest absolute Gasteiger partial charge is 0.0412 e. The van der Waals surface area contributed by atoms with Gasteiger partial charge in [-0.3, -0.25) is 0 Å². The predicted molar refractivity (Wildman–Crippen MR) is 79.4 cm³/mol. The van der Waals surface area contributed by atoms with Gasteiger partial charge in [0.25, 0.3) is 0 Å². The monoisotopic (exact) mass is 296 g/mol. The Labute approximate surface area is 113 Å². The normalized spacial score (nSPS) is 12.2. The molecule has 3 heteroatoms. The zero-order valence-electron chi connectivity index (χ0n) is 10.6. The molecule has 1 aromatic rings. The number of benzene rings is 1. The molecule has 0 aliphatic carbocycles. The second-order valence-electron chi connectivity index (χ2n) is 4.34. The number of hydrogen-bond acceptors (Lipinski definition) is 2. The molecule has 0 amide bonds. The molecule has 0 spiro atoms. The summed E-state index contributed by atoms with van der Waals surface area (Å²) in [6.45, 7) is 6.78. The third-order valence-corrected chi connectivity index (χ3v) is 3.29. The number of rotatable bonds is 6. The molecule has 0 saturated carbocycles. The van der Waals surface area contributed by atoms with E-state index in [9.17, 15) is 0 Å². The lowest BCUT2D eigenvalue weighted by Gasteiger charge is -2.24. The summed E-state index contributed by atoms with van der Waals surface area (Å²) in [5.74, 6) is 0. The molecule has 1 atom stereocenters. The van der Waals surface area contributed by atoms with Crippen LogP contribution >= 0.6 is 15.9 Å². The van der Waals surface area contributed by atoms with Gasteiger partial charge in [-0.15, -0.1) is 6.58 Å². The van der Waals surface area contributed by atoms with Crippen molar-refractivity contribution in [1.82, 2.24) is 0 Å². The lowest BCUT2D eigenvalue weighted by molar-refractivity contribution is 0.772. The van der Waals surface area contributed by atoms with Crippen LogP contribution in [0.2, 0.25) is 0 Å². The minimum absolute atomic E-state index is 0.0457. The molecule has 0 heterocycles. The fourth-order valence-electron chi connectivity index (χ4n) is 1.83. The minimum atomic E-state index is 0.0457. The number of nitrogens with two attached hydrogens (primary N) is 1. The van der Waals surface area contributed by atoms with E-state index < -0.39 is 0 Å². The van der Waals surface area contributed by atoms with Gasteiger partial charge in [0.1, 0.15) is 0 Å². The topological polar surface area (TPSA) is 29.3 Å². The molecule has 1 unspecified atom stereocenters. The molecule has 17 heavy (non-hydrogen) atoms. The molecule has 0 bridgehead atoms. The number of anilines is 1. The average molecular weight is 297 g/mol. The van der Waals surface area contributed by atoms with E-state index in [1.54, 1.807) is 0 Å². The Morgan fingerprint density at radius 3 is 2.82 bits per heavy atom. The van der Waals surface area contributed by atoms with Gasteiger partial charge in [-0.25, -0.2) is 0 Å². The van der Waals surface area contributed by atoms with E-state index in [4.69, 9.17) is 5.73 Å². The van der Waals surface area contributed by atoms with E-state index in [1.807, 2.05) is 13.0 Å². The zero-order chi connectivity index (χ0) is 12.8. The van der Waals surface area contributed by atoms with Crippen LogP contribution < -0.4 is 10.6 Å². The molecule has 2 N–H and O–H groups in total. The van der Waals surface area contributed by atoms with Gasteiger partial charge < -0.3 is 10.6 Å². The first-order chi connectivity index (χ1) is 8.06. The van der Waals surface area contributed by atoms with Crippen LogP contribution in [-0.4, -0.2) is 13.6 Å². The Hall–Kier alpha value is -0.800. The van der Waals surface area contributed by atoms with Gasteiger partial charge in [0.2, 0.25) is 0 Å². The Morgan fingerprint density at radius 2 is 2.24 bits per heavy atom. The molecule has 94 valence electrons. The SMILES string of the molecule is C=CCCCN(C)c1ccc(Br)cc1C(C)N. The quantitative estimate of drug-likeness (QED) is 0.638. The van der Waals surface area contributed by atoms with Gasteiger partial charge in [0, 0.05) is 29.8 Å². The van der Waals surface area contributed by atoms with Gasteiger partial charge in [-0.2, -0.15) is 0 Å². The van der Waals surface area contributed by atoms with Gasteiger partial charge in [0.15, 0.2) is 0 Å². The third-order valence-electron chi connectivity index (χ3n) is 2.79. The van der Waals surface area contributed by atoms with Crippen LogP contribution in [0.15, 0.2) is 35.3 Å². The Bertz CT molecular complexity index is 374. The van der Waals surface area contributed by atoms with Crippen LogP contribution in [-0.2, 0) is 0 Å². The fraction of sp³-hybridized carbons (Fsp3) is 0.429. The van der Waals surface area contributed by atoms with Crippen molar-refractivity contribution in [2.45, 2.75) is 25.8 Å². The van der Waals surface area contributed by atoms with E-state index in [0.29, 0.717) is 0 Å². The largest absolute Gasteiger partial charge is 0.374 e. The second kappa shape index (κ2) is 6.82. The van der Waals surface area contributed by atoms with Crippen LogP contribution in [0.5, 0.6) is 0 Å². The summed E-state index contributed by atoms with van der Waals surface area (Å²) in [5.41, 5.74) is 8.41. The van der Waals surface area contributed by atoms with E-state index in [1.165, 1.54) is 11.3 Å². The van der Waals surface area contributed by atoms with Crippen LogP contribution in [0, 0.1) is 0 Å². The first-order valence-electron chi connectivity index (χ1n) is 5.93. The van der Waals surface area contributed by atoms with Crippen molar-refractivity contribution >= 4 is 21.6 Å². The van der Waals surface area contributed by atoms with Crippen molar-refractivity contribution in [3.8, 4) is 0 Å². The molecule has 0 saturated heterocycles. The number of halogens is 1. The standard InChI is InChI=1S/C14H21BrN2/c1-4-5-6-9-17(3)14-8-7-12(15)10-13(14)11(2)16/h4,7-8,10-11H,1,5-6,9,16H2,2-3H3. The lowest BCUT2D eigenvalue weighted by Crippen LogP contribution is -2.21. The lowest BCUT2D eigenvalue weighted by atomic mass is 10.1. The van der Waals surface area contributed by atoms with Gasteiger partial charge >= 0.3 is 0 Å². The molecule has 0 radical (unpaired) electrons. The number of hydrogen-bond donors (Lipinski definition) is 1. The number of unbranched alkanes of at least 4 members (excludes halogenated alkanes) is 1.